The highest BCUT2D eigenvalue weighted by Crippen LogP contribution is 2.11. The Morgan fingerprint density at radius 3 is 2.68 bits per heavy atom. The Kier molecular flexibility index (Phi) is 5.72. The largest absolute Gasteiger partial charge is 0.508 e. The van der Waals surface area contributed by atoms with Crippen molar-refractivity contribution in [2.75, 3.05) is 0 Å². The standard InChI is InChI=1S/C12H13F2N3O.ClH/c13-12(14)17-5-4-10(16-17)8-15-7-9-2-1-3-11(18)6-9;/h1-6,12,15,18H,7-8H2;1H. The van der Waals surface area contributed by atoms with E-state index in [1.54, 1.807) is 24.3 Å². The van der Waals surface area contributed by atoms with Crippen LogP contribution >= 0.6 is 12.4 Å². The number of hydrogen-bond acceptors (Lipinski definition) is 3. The molecule has 0 spiro atoms. The molecular weight excluding hydrogens is 276 g/mol. The molecule has 0 fully saturated rings. The summed E-state index contributed by atoms with van der Waals surface area (Å²) in [4.78, 5) is 0. The van der Waals surface area contributed by atoms with Crippen molar-refractivity contribution in [2.24, 2.45) is 0 Å². The molecule has 0 atom stereocenters. The number of aromatic nitrogens is 2. The van der Waals surface area contributed by atoms with Gasteiger partial charge >= 0.3 is 6.55 Å². The van der Waals surface area contributed by atoms with Gasteiger partial charge in [-0.15, -0.1) is 12.4 Å². The van der Waals surface area contributed by atoms with Crippen molar-refractivity contribution in [3.05, 3.63) is 47.8 Å². The van der Waals surface area contributed by atoms with Gasteiger partial charge in [0.05, 0.1) is 5.69 Å². The highest BCUT2D eigenvalue weighted by Gasteiger charge is 2.06. The number of rotatable bonds is 5. The fraction of sp³-hybridized carbons (Fsp3) is 0.250. The Morgan fingerprint density at radius 2 is 2.05 bits per heavy atom. The van der Waals surface area contributed by atoms with Crippen molar-refractivity contribution in [3.63, 3.8) is 0 Å². The molecule has 1 aromatic carbocycles. The number of phenols is 1. The van der Waals surface area contributed by atoms with Gasteiger partial charge in [-0.1, -0.05) is 12.1 Å². The molecule has 4 nitrogen and oxygen atoms in total. The predicted molar refractivity (Wildman–Crippen MR) is 69.4 cm³/mol. The van der Waals surface area contributed by atoms with Crippen LogP contribution in [-0.4, -0.2) is 14.9 Å². The van der Waals surface area contributed by atoms with Crippen LogP contribution in [0.4, 0.5) is 8.78 Å². The maximum absolute atomic E-state index is 12.3. The Morgan fingerprint density at radius 1 is 1.26 bits per heavy atom. The topological polar surface area (TPSA) is 50.1 Å². The summed E-state index contributed by atoms with van der Waals surface area (Å²) in [6, 6.07) is 8.39. The predicted octanol–water partition coefficient (Wildman–Crippen LogP) is 2.70. The van der Waals surface area contributed by atoms with Gasteiger partial charge < -0.3 is 10.4 Å². The first-order valence-corrected chi connectivity index (χ1v) is 5.46. The van der Waals surface area contributed by atoms with Crippen molar-refractivity contribution in [1.29, 1.82) is 0 Å². The van der Waals surface area contributed by atoms with E-state index in [1.165, 1.54) is 6.20 Å². The fourth-order valence-corrected chi connectivity index (χ4v) is 1.58. The lowest BCUT2D eigenvalue weighted by atomic mass is 10.2. The van der Waals surface area contributed by atoms with Gasteiger partial charge in [0.1, 0.15) is 5.75 Å². The third-order valence-corrected chi connectivity index (χ3v) is 2.41. The summed E-state index contributed by atoms with van der Waals surface area (Å²) in [5, 5.41) is 16.0. The summed E-state index contributed by atoms with van der Waals surface area (Å²) >= 11 is 0. The zero-order valence-corrected chi connectivity index (χ0v) is 10.8. The van der Waals surface area contributed by atoms with Gasteiger partial charge in [0.25, 0.3) is 0 Å². The molecule has 2 aromatic rings. The third-order valence-electron chi connectivity index (χ3n) is 2.41. The van der Waals surface area contributed by atoms with Gasteiger partial charge in [0, 0.05) is 19.3 Å². The van der Waals surface area contributed by atoms with Crippen molar-refractivity contribution in [2.45, 2.75) is 19.6 Å². The Labute approximate surface area is 115 Å². The normalized spacial score (nSPS) is 10.5. The minimum Gasteiger partial charge on any atom is -0.508 e. The van der Waals surface area contributed by atoms with Crippen LogP contribution < -0.4 is 5.32 Å². The molecule has 0 radical (unpaired) electrons. The smallest absolute Gasteiger partial charge is 0.333 e. The van der Waals surface area contributed by atoms with Gasteiger partial charge in [0.2, 0.25) is 0 Å². The molecule has 0 amide bonds. The molecule has 104 valence electrons. The molecule has 2 N–H and O–H groups in total. The quantitative estimate of drug-likeness (QED) is 0.890. The number of hydrogen-bond donors (Lipinski definition) is 2. The number of benzene rings is 1. The molecule has 1 heterocycles. The number of nitrogens with zero attached hydrogens (tertiary/aromatic N) is 2. The molecule has 0 aliphatic carbocycles. The minimum absolute atomic E-state index is 0. The molecule has 0 aliphatic rings. The van der Waals surface area contributed by atoms with E-state index in [0.29, 0.717) is 23.5 Å². The molecule has 0 saturated carbocycles. The van der Waals surface area contributed by atoms with E-state index < -0.39 is 6.55 Å². The van der Waals surface area contributed by atoms with Gasteiger partial charge in [-0.3, -0.25) is 0 Å². The maximum Gasteiger partial charge on any atom is 0.333 e. The van der Waals surface area contributed by atoms with E-state index in [2.05, 4.69) is 10.4 Å². The molecule has 0 unspecified atom stereocenters. The average molecular weight is 290 g/mol. The van der Waals surface area contributed by atoms with Crippen LogP contribution in [-0.2, 0) is 13.1 Å². The molecule has 19 heavy (non-hydrogen) atoms. The second-order valence-electron chi connectivity index (χ2n) is 3.84. The van der Waals surface area contributed by atoms with E-state index in [-0.39, 0.29) is 18.2 Å². The van der Waals surface area contributed by atoms with Crippen LogP contribution in [0.2, 0.25) is 0 Å². The highest BCUT2D eigenvalue weighted by atomic mass is 35.5. The first-order chi connectivity index (χ1) is 8.65. The number of aromatic hydroxyl groups is 1. The first kappa shape index (κ1) is 15.4. The van der Waals surface area contributed by atoms with E-state index in [9.17, 15) is 13.9 Å². The summed E-state index contributed by atoms with van der Waals surface area (Å²) in [6.07, 6.45) is 1.25. The van der Waals surface area contributed by atoms with Crippen LogP contribution in [0.15, 0.2) is 36.5 Å². The number of phenolic OH excluding ortho intramolecular Hbond substituents is 1. The Hall–Kier alpha value is -1.66. The van der Waals surface area contributed by atoms with Gasteiger partial charge in [-0.25, -0.2) is 4.68 Å². The van der Waals surface area contributed by atoms with Gasteiger partial charge in [0.15, 0.2) is 0 Å². The second kappa shape index (κ2) is 7.06. The zero-order chi connectivity index (χ0) is 13.0. The number of halogens is 3. The van der Waals surface area contributed by atoms with Crippen LogP contribution in [0.3, 0.4) is 0 Å². The van der Waals surface area contributed by atoms with Crippen molar-refractivity contribution < 1.29 is 13.9 Å². The average Bonchev–Trinajstić information content (AvgIpc) is 2.78. The van der Waals surface area contributed by atoms with Crippen LogP contribution in [0.5, 0.6) is 5.75 Å². The van der Waals surface area contributed by atoms with Crippen molar-refractivity contribution >= 4 is 12.4 Å². The molecule has 0 bridgehead atoms. The second-order valence-corrected chi connectivity index (χ2v) is 3.84. The molecule has 0 aliphatic heterocycles. The summed E-state index contributed by atoms with van der Waals surface area (Å²) in [7, 11) is 0. The molecule has 2 rings (SSSR count). The molecule has 7 heteroatoms. The van der Waals surface area contributed by atoms with E-state index in [0.717, 1.165) is 5.56 Å². The van der Waals surface area contributed by atoms with Crippen LogP contribution in [0, 0.1) is 0 Å². The van der Waals surface area contributed by atoms with Crippen molar-refractivity contribution in [1.82, 2.24) is 15.1 Å². The minimum atomic E-state index is -2.61. The molecular formula is C12H14ClF2N3O. The lowest BCUT2D eigenvalue weighted by Gasteiger charge is -2.03. The summed E-state index contributed by atoms with van der Waals surface area (Å²) < 4.78 is 25.1. The van der Waals surface area contributed by atoms with Gasteiger partial charge in [-0.2, -0.15) is 13.9 Å². The van der Waals surface area contributed by atoms with E-state index in [4.69, 9.17) is 0 Å². The number of alkyl halides is 2. The van der Waals surface area contributed by atoms with Crippen molar-refractivity contribution in [3.8, 4) is 5.75 Å². The summed E-state index contributed by atoms with van der Waals surface area (Å²) in [6.45, 7) is -1.67. The lowest BCUT2D eigenvalue weighted by Crippen LogP contribution is -2.13. The Balaban J connectivity index is 0.00000180. The third kappa shape index (κ3) is 4.50. The highest BCUT2D eigenvalue weighted by molar-refractivity contribution is 5.85. The summed E-state index contributed by atoms with van der Waals surface area (Å²) in [5.41, 5.74) is 1.47. The van der Waals surface area contributed by atoms with Crippen LogP contribution in [0.25, 0.3) is 0 Å². The Bertz CT molecular complexity index is 519. The number of nitrogens with one attached hydrogen (secondary N) is 1. The van der Waals surface area contributed by atoms with Gasteiger partial charge in [-0.05, 0) is 23.8 Å². The van der Waals surface area contributed by atoms with Crippen LogP contribution in [0.1, 0.15) is 17.8 Å². The monoisotopic (exact) mass is 289 g/mol. The van der Waals surface area contributed by atoms with E-state index >= 15 is 0 Å². The SMILES string of the molecule is Cl.Oc1cccc(CNCc2ccn(C(F)F)n2)c1. The molecule has 1 aromatic heterocycles. The summed E-state index contributed by atoms with van der Waals surface area (Å²) in [5.74, 6) is 0.205. The maximum atomic E-state index is 12.3. The fourth-order valence-electron chi connectivity index (χ4n) is 1.58. The van der Waals surface area contributed by atoms with E-state index in [1.807, 2.05) is 6.07 Å². The first-order valence-electron chi connectivity index (χ1n) is 5.46. The lowest BCUT2D eigenvalue weighted by molar-refractivity contribution is 0.0561. The zero-order valence-electron chi connectivity index (χ0n) is 9.96. The molecule has 0 saturated heterocycles.